The number of rotatable bonds is 6. The lowest BCUT2D eigenvalue weighted by Crippen LogP contribution is -2.37. The molecule has 0 saturated heterocycles. The van der Waals surface area contributed by atoms with Crippen molar-refractivity contribution in [2.75, 3.05) is 13.1 Å². The highest BCUT2D eigenvalue weighted by Crippen LogP contribution is 2.22. The quantitative estimate of drug-likeness (QED) is 0.650. The Morgan fingerprint density at radius 3 is 2.43 bits per heavy atom. The monoisotopic (exact) mass is 375 g/mol. The van der Waals surface area contributed by atoms with Crippen molar-refractivity contribution in [1.29, 1.82) is 5.26 Å². The largest absolute Gasteiger partial charge is 0.351 e. The Balaban J connectivity index is 1.84. The summed E-state index contributed by atoms with van der Waals surface area (Å²) < 4.78 is 13.8. The summed E-state index contributed by atoms with van der Waals surface area (Å²) >= 11 is 0. The van der Waals surface area contributed by atoms with Crippen LogP contribution in [0.5, 0.6) is 0 Å². The van der Waals surface area contributed by atoms with E-state index in [1.54, 1.807) is 6.07 Å². The molecule has 2 amide bonds. The highest BCUT2D eigenvalue weighted by Gasteiger charge is 2.22. The van der Waals surface area contributed by atoms with E-state index >= 15 is 0 Å². The van der Waals surface area contributed by atoms with Crippen molar-refractivity contribution < 1.29 is 14.0 Å². The summed E-state index contributed by atoms with van der Waals surface area (Å²) in [5.41, 5.74) is 0.611. The number of amides is 2. The van der Waals surface area contributed by atoms with Gasteiger partial charge in [-0.15, -0.1) is 0 Å². The molecule has 3 aromatic carbocycles. The van der Waals surface area contributed by atoms with E-state index in [1.165, 1.54) is 18.2 Å². The van der Waals surface area contributed by atoms with Crippen molar-refractivity contribution in [2.24, 2.45) is 0 Å². The van der Waals surface area contributed by atoms with Crippen LogP contribution in [0.4, 0.5) is 4.39 Å². The Hall–Kier alpha value is -3.72. The lowest BCUT2D eigenvalue weighted by atomic mass is 9.95. The van der Waals surface area contributed by atoms with E-state index in [-0.39, 0.29) is 24.6 Å². The molecule has 0 saturated carbocycles. The number of carbonyl (C=O) groups excluding carboxylic acids is 2. The Labute approximate surface area is 161 Å². The Kier molecular flexibility index (Phi) is 5.97. The first-order valence-corrected chi connectivity index (χ1v) is 8.76. The average Bonchev–Trinajstić information content (AvgIpc) is 2.72. The zero-order valence-electron chi connectivity index (χ0n) is 15.0. The number of nitrogens with zero attached hydrogens (tertiary/aromatic N) is 1. The maximum absolute atomic E-state index is 13.8. The standard InChI is InChI=1S/C22H18FN3O2/c23-20-8-4-3-7-18(20)21(27)26-14-19(22(28)25-12-11-24)17-10-9-15-5-1-2-6-16(15)13-17/h1-10,13,19H,12,14H2,(H,25,28)(H,26,27). The summed E-state index contributed by atoms with van der Waals surface area (Å²) in [5, 5.41) is 15.9. The predicted octanol–water partition coefficient (Wildman–Crippen LogP) is 3.13. The summed E-state index contributed by atoms with van der Waals surface area (Å²) in [4.78, 5) is 24.9. The number of nitriles is 1. The maximum Gasteiger partial charge on any atom is 0.254 e. The van der Waals surface area contributed by atoms with Gasteiger partial charge in [-0.2, -0.15) is 5.26 Å². The van der Waals surface area contributed by atoms with Gasteiger partial charge in [-0.3, -0.25) is 9.59 Å². The van der Waals surface area contributed by atoms with Crippen LogP contribution < -0.4 is 10.6 Å². The normalized spacial score (nSPS) is 11.4. The molecule has 0 aliphatic rings. The lowest BCUT2D eigenvalue weighted by Gasteiger charge is -2.18. The number of fused-ring (bicyclic) bond motifs is 1. The molecule has 0 bridgehead atoms. The fourth-order valence-corrected chi connectivity index (χ4v) is 2.97. The Bertz CT molecular complexity index is 1060. The molecule has 0 aliphatic heterocycles. The van der Waals surface area contributed by atoms with Gasteiger partial charge in [-0.05, 0) is 28.5 Å². The number of nitrogens with one attached hydrogen (secondary N) is 2. The van der Waals surface area contributed by atoms with Crippen molar-refractivity contribution >= 4 is 22.6 Å². The number of carbonyl (C=O) groups is 2. The van der Waals surface area contributed by atoms with Crippen LogP contribution in [0.3, 0.4) is 0 Å². The lowest BCUT2D eigenvalue weighted by molar-refractivity contribution is -0.122. The molecule has 0 spiro atoms. The Morgan fingerprint density at radius 1 is 0.964 bits per heavy atom. The zero-order chi connectivity index (χ0) is 19.9. The van der Waals surface area contributed by atoms with Gasteiger partial charge in [0.05, 0.1) is 17.6 Å². The minimum absolute atomic E-state index is 0.0250. The highest BCUT2D eigenvalue weighted by molar-refractivity contribution is 5.95. The van der Waals surface area contributed by atoms with Crippen LogP contribution in [-0.2, 0) is 4.79 Å². The molecule has 3 aromatic rings. The van der Waals surface area contributed by atoms with E-state index in [0.29, 0.717) is 5.56 Å². The van der Waals surface area contributed by atoms with Gasteiger partial charge in [-0.1, -0.05) is 54.6 Å². The van der Waals surface area contributed by atoms with Crippen LogP contribution in [0.15, 0.2) is 66.7 Å². The van der Waals surface area contributed by atoms with Gasteiger partial charge < -0.3 is 10.6 Å². The van der Waals surface area contributed by atoms with E-state index in [9.17, 15) is 14.0 Å². The van der Waals surface area contributed by atoms with Crippen LogP contribution in [-0.4, -0.2) is 24.9 Å². The third-order valence-electron chi connectivity index (χ3n) is 4.42. The molecular formula is C22H18FN3O2. The van der Waals surface area contributed by atoms with E-state index in [4.69, 9.17) is 5.26 Å². The second-order valence-electron chi connectivity index (χ2n) is 6.22. The molecule has 0 fully saturated rings. The molecule has 0 heterocycles. The van der Waals surface area contributed by atoms with Crippen molar-refractivity contribution in [2.45, 2.75) is 5.92 Å². The molecule has 0 radical (unpaired) electrons. The second-order valence-corrected chi connectivity index (χ2v) is 6.22. The van der Waals surface area contributed by atoms with Gasteiger partial charge in [0.15, 0.2) is 0 Å². The van der Waals surface area contributed by atoms with Crippen molar-refractivity contribution in [1.82, 2.24) is 10.6 Å². The van der Waals surface area contributed by atoms with Crippen molar-refractivity contribution in [3.63, 3.8) is 0 Å². The molecule has 140 valence electrons. The van der Waals surface area contributed by atoms with Crippen molar-refractivity contribution in [3.8, 4) is 6.07 Å². The van der Waals surface area contributed by atoms with Crippen LogP contribution in [0.2, 0.25) is 0 Å². The van der Waals surface area contributed by atoms with Crippen LogP contribution in [0.25, 0.3) is 10.8 Å². The Morgan fingerprint density at radius 2 is 1.68 bits per heavy atom. The van der Waals surface area contributed by atoms with Gasteiger partial charge in [0, 0.05) is 6.54 Å². The topological polar surface area (TPSA) is 82.0 Å². The summed E-state index contributed by atoms with van der Waals surface area (Å²) in [6, 6.07) is 20.8. The van der Waals surface area contributed by atoms with E-state index in [2.05, 4.69) is 10.6 Å². The first kappa shape index (κ1) is 19.1. The third kappa shape index (κ3) is 4.33. The van der Waals surface area contributed by atoms with Crippen molar-refractivity contribution in [3.05, 3.63) is 83.7 Å². The number of hydrogen-bond acceptors (Lipinski definition) is 3. The molecule has 3 rings (SSSR count). The van der Waals surface area contributed by atoms with E-state index in [0.717, 1.165) is 10.8 Å². The van der Waals surface area contributed by atoms with E-state index in [1.807, 2.05) is 48.5 Å². The summed E-state index contributed by atoms with van der Waals surface area (Å²) in [5.74, 6) is -2.33. The predicted molar refractivity (Wildman–Crippen MR) is 104 cm³/mol. The number of hydrogen-bond donors (Lipinski definition) is 2. The smallest absolute Gasteiger partial charge is 0.254 e. The van der Waals surface area contributed by atoms with Gasteiger partial charge >= 0.3 is 0 Å². The molecule has 1 unspecified atom stereocenters. The molecular weight excluding hydrogens is 357 g/mol. The van der Waals surface area contributed by atoms with Gasteiger partial charge in [0.2, 0.25) is 5.91 Å². The first-order valence-electron chi connectivity index (χ1n) is 8.76. The minimum atomic E-state index is -0.714. The molecule has 0 aromatic heterocycles. The highest BCUT2D eigenvalue weighted by atomic mass is 19.1. The van der Waals surface area contributed by atoms with E-state index < -0.39 is 17.6 Å². The van der Waals surface area contributed by atoms with Crippen LogP contribution >= 0.6 is 0 Å². The zero-order valence-corrected chi connectivity index (χ0v) is 15.0. The number of halogens is 1. The molecule has 5 nitrogen and oxygen atoms in total. The number of benzene rings is 3. The second kappa shape index (κ2) is 8.78. The summed E-state index contributed by atoms with van der Waals surface area (Å²) in [7, 11) is 0. The van der Waals surface area contributed by atoms with Gasteiger partial charge in [0.1, 0.15) is 12.4 Å². The fourth-order valence-electron chi connectivity index (χ4n) is 2.97. The summed E-state index contributed by atoms with van der Waals surface area (Å²) in [6.45, 7) is -0.160. The van der Waals surface area contributed by atoms with Crippen LogP contribution in [0, 0.1) is 17.1 Å². The fraction of sp³-hybridized carbons (Fsp3) is 0.136. The molecule has 28 heavy (non-hydrogen) atoms. The minimum Gasteiger partial charge on any atom is -0.351 e. The van der Waals surface area contributed by atoms with Crippen LogP contribution in [0.1, 0.15) is 21.8 Å². The molecule has 1 atom stereocenters. The summed E-state index contributed by atoms with van der Waals surface area (Å²) in [6.07, 6.45) is 0. The third-order valence-corrected chi connectivity index (χ3v) is 4.42. The maximum atomic E-state index is 13.8. The average molecular weight is 375 g/mol. The molecule has 6 heteroatoms. The SMILES string of the molecule is N#CCNC(=O)C(CNC(=O)c1ccccc1F)c1ccc2ccccc2c1. The molecule has 0 aliphatic carbocycles. The molecule has 2 N–H and O–H groups in total. The van der Waals surface area contributed by atoms with Gasteiger partial charge in [0.25, 0.3) is 5.91 Å². The van der Waals surface area contributed by atoms with Gasteiger partial charge in [-0.25, -0.2) is 4.39 Å². The first-order chi connectivity index (χ1) is 13.6.